The summed E-state index contributed by atoms with van der Waals surface area (Å²) >= 11 is 0. The van der Waals surface area contributed by atoms with Gasteiger partial charge in [-0.1, -0.05) is 6.07 Å². The van der Waals surface area contributed by atoms with Crippen LogP contribution in [0.5, 0.6) is 0 Å². The van der Waals surface area contributed by atoms with Gasteiger partial charge < -0.3 is 10.1 Å². The Morgan fingerprint density at radius 1 is 1.22 bits per heavy atom. The fourth-order valence-electron chi connectivity index (χ4n) is 2.82. The number of aryl methyl sites for hydroxylation is 1. The molecule has 8 heteroatoms. The minimum absolute atomic E-state index is 0.0354. The number of sulfonamides is 1. The molecule has 1 amide bonds. The maximum atomic E-state index is 13.0. The zero-order valence-electron chi connectivity index (χ0n) is 14.9. The van der Waals surface area contributed by atoms with Crippen molar-refractivity contribution >= 4 is 21.6 Å². The van der Waals surface area contributed by atoms with Gasteiger partial charge in [0.1, 0.15) is 5.82 Å². The maximum absolute atomic E-state index is 13.0. The molecule has 0 aliphatic carbocycles. The number of carbonyl (C=O) groups excluding carboxylic acids is 1. The van der Waals surface area contributed by atoms with Crippen molar-refractivity contribution in [3.05, 3.63) is 59.4 Å². The van der Waals surface area contributed by atoms with Crippen LogP contribution in [0, 0.1) is 18.7 Å². The minimum atomic E-state index is -3.90. The number of benzene rings is 2. The molecule has 1 saturated heterocycles. The van der Waals surface area contributed by atoms with Crippen LogP contribution in [0.25, 0.3) is 0 Å². The number of hydrogen-bond donors (Lipinski definition) is 2. The van der Waals surface area contributed by atoms with Gasteiger partial charge in [0.2, 0.25) is 0 Å². The van der Waals surface area contributed by atoms with E-state index in [9.17, 15) is 17.6 Å². The summed E-state index contributed by atoms with van der Waals surface area (Å²) in [5, 5.41) is 2.84. The van der Waals surface area contributed by atoms with Gasteiger partial charge in [-0.2, -0.15) is 0 Å². The molecule has 0 spiro atoms. The van der Waals surface area contributed by atoms with Crippen molar-refractivity contribution in [3.8, 4) is 0 Å². The van der Waals surface area contributed by atoms with E-state index in [2.05, 4.69) is 10.0 Å². The fraction of sp³-hybridized carbons (Fsp3) is 0.316. The van der Waals surface area contributed by atoms with E-state index < -0.39 is 15.8 Å². The van der Waals surface area contributed by atoms with Gasteiger partial charge >= 0.3 is 0 Å². The van der Waals surface area contributed by atoms with Gasteiger partial charge in [0, 0.05) is 30.3 Å². The number of hydrogen-bond acceptors (Lipinski definition) is 4. The predicted octanol–water partition coefficient (Wildman–Crippen LogP) is 2.70. The molecule has 1 unspecified atom stereocenters. The molecule has 6 nitrogen and oxygen atoms in total. The molecule has 1 aliphatic rings. The van der Waals surface area contributed by atoms with Crippen LogP contribution in [-0.2, 0) is 14.8 Å². The number of anilines is 1. The van der Waals surface area contributed by atoms with Crippen LogP contribution in [0.1, 0.15) is 22.3 Å². The Hall–Kier alpha value is -2.45. The molecular weight excluding hydrogens is 371 g/mol. The van der Waals surface area contributed by atoms with E-state index in [1.807, 2.05) is 0 Å². The SMILES string of the molecule is Cc1ccc(S(=O)(=O)Nc2ccc(F)cc2)cc1C(=O)NCC1CCOC1. The number of rotatable bonds is 6. The third kappa shape index (κ3) is 4.84. The molecule has 2 aromatic carbocycles. The quantitative estimate of drug-likeness (QED) is 0.792. The highest BCUT2D eigenvalue weighted by Crippen LogP contribution is 2.20. The standard InChI is InChI=1S/C19H21FN2O4S/c1-13-2-7-17(27(24,25)22-16-5-3-15(20)4-6-16)10-18(13)19(23)21-11-14-8-9-26-12-14/h2-7,10,14,22H,8-9,11-12H2,1H3,(H,21,23). The van der Waals surface area contributed by atoms with Crippen LogP contribution < -0.4 is 10.0 Å². The number of carbonyl (C=O) groups is 1. The third-order valence-electron chi connectivity index (χ3n) is 4.44. The second kappa shape index (κ2) is 8.06. The van der Waals surface area contributed by atoms with E-state index in [0.717, 1.165) is 6.42 Å². The molecule has 0 bridgehead atoms. The molecule has 0 saturated carbocycles. The molecular formula is C19H21FN2O4S. The molecule has 1 heterocycles. The smallest absolute Gasteiger partial charge is 0.261 e. The molecule has 144 valence electrons. The number of nitrogens with one attached hydrogen (secondary N) is 2. The minimum Gasteiger partial charge on any atom is -0.381 e. The second-order valence-electron chi connectivity index (χ2n) is 6.53. The summed E-state index contributed by atoms with van der Waals surface area (Å²) in [5.41, 5.74) is 1.22. The van der Waals surface area contributed by atoms with Gasteiger partial charge in [-0.05, 0) is 55.3 Å². The molecule has 2 N–H and O–H groups in total. The van der Waals surface area contributed by atoms with Crippen LogP contribution in [0.3, 0.4) is 0 Å². The van der Waals surface area contributed by atoms with Gasteiger partial charge in [-0.25, -0.2) is 12.8 Å². The highest BCUT2D eigenvalue weighted by atomic mass is 32.2. The summed E-state index contributed by atoms with van der Waals surface area (Å²) < 4.78 is 45.8. The fourth-order valence-corrected chi connectivity index (χ4v) is 3.91. The molecule has 0 radical (unpaired) electrons. The monoisotopic (exact) mass is 392 g/mol. The van der Waals surface area contributed by atoms with Crippen molar-refractivity contribution in [2.24, 2.45) is 5.92 Å². The summed E-state index contributed by atoms with van der Waals surface area (Å²) in [6.45, 7) is 3.55. The first-order valence-electron chi connectivity index (χ1n) is 8.60. The summed E-state index contributed by atoms with van der Waals surface area (Å²) in [4.78, 5) is 12.5. The van der Waals surface area contributed by atoms with E-state index in [1.165, 1.54) is 36.4 Å². The van der Waals surface area contributed by atoms with E-state index in [4.69, 9.17) is 4.74 Å². The highest BCUT2D eigenvalue weighted by Gasteiger charge is 2.20. The number of ether oxygens (including phenoxy) is 1. The van der Waals surface area contributed by atoms with Gasteiger partial charge in [-0.15, -0.1) is 0 Å². The van der Waals surface area contributed by atoms with Gasteiger partial charge in [0.25, 0.3) is 15.9 Å². The maximum Gasteiger partial charge on any atom is 0.261 e. The Kier molecular flexibility index (Phi) is 5.76. The van der Waals surface area contributed by atoms with E-state index in [0.29, 0.717) is 30.9 Å². The zero-order valence-corrected chi connectivity index (χ0v) is 15.7. The van der Waals surface area contributed by atoms with E-state index in [1.54, 1.807) is 13.0 Å². The number of amides is 1. The highest BCUT2D eigenvalue weighted by molar-refractivity contribution is 7.92. The van der Waals surface area contributed by atoms with Crippen LogP contribution >= 0.6 is 0 Å². The third-order valence-corrected chi connectivity index (χ3v) is 5.81. The van der Waals surface area contributed by atoms with Crippen LogP contribution in [0.4, 0.5) is 10.1 Å². The first kappa shape index (κ1) is 19.3. The predicted molar refractivity (Wildman–Crippen MR) is 99.6 cm³/mol. The van der Waals surface area contributed by atoms with Gasteiger partial charge in [-0.3, -0.25) is 9.52 Å². The molecule has 2 aromatic rings. The lowest BCUT2D eigenvalue weighted by atomic mass is 10.1. The Labute approximate surface area is 157 Å². The molecule has 0 aromatic heterocycles. The van der Waals surface area contributed by atoms with Crippen LogP contribution in [0.15, 0.2) is 47.4 Å². The van der Waals surface area contributed by atoms with E-state index in [-0.39, 0.29) is 22.4 Å². The van der Waals surface area contributed by atoms with Crippen molar-refractivity contribution in [2.75, 3.05) is 24.5 Å². The average molecular weight is 392 g/mol. The molecule has 1 aliphatic heterocycles. The van der Waals surface area contributed by atoms with Crippen molar-refractivity contribution in [1.82, 2.24) is 5.32 Å². The van der Waals surface area contributed by atoms with Crippen molar-refractivity contribution in [1.29, 1.82) is 0 Å². The normalized spacial score (nSPS) is 16.9. The molecule has 1 atom stereocenters. The lowest BCUT2D eigenvalue weighted by molar-refractivity contribution is 0.0944. The Morgan fingerprint density at radius 3 is 2.63 bits per heavy atom. The number of halogens is 1. The van der Waals surface area contributed by atoms with Crippen molar-refractivity contribution in [3.63, 3.8) is 0 Å². The zero-order chi connectivity index (χ0) is 19.4. The lowest BCUT2D eigenvalue weighted by Gasteiger charge is -2.13. The summed E-state index contributed by atoms with van der Waals surface area (Å²) in [5.74, 6) is -0.501. The summed E-state index contributed by atoms with van der Waals surface area (Å²) in [6.07, 6.45) is 0.898. The molecule has 27 heavy (non-hydrogen) atoms. The topological polar surface area (TPSA) is 84.5 Å². The molecule has 3 rings (SSSR count). The van der Waals surface area contributed by atoms with Crippen LogP contribution in [-0.4, -0.2) is 34.1 Å². The average Bonchev–Trinajstić information content (AvgIpc) is 3.15. The van der Waals surface area contributed by atoms with Gasteiger partial charge in [0.05, 0.1) is 11.5 Å². The lowest BCUT2D eigenvalue weighted by Crippen LogP contribution is -2.30. The molecule has 1 fully saturated rings. The Bertz CT molecular complexity index is 923. The van der Waals surface area contributed by atoms with Gasteiger partial charge in [0.15, 0.2) is 0 Å². The largest absolute Gasteiger partial charge is 0.381 e. The summed E-state index contributed by atoms with van der Waals surface area (Å²) in [7, 11) is -3.90. The Balaban J connectivity index is 1.76. The van der Waals surface area contributed by atoms with Crippen LogP contribution in [0.2, 0.25) is 0 Å². The van der Waals surface area contributed by atoms with Crippen molar-refractivity contribution in [2.45, 2.75) is 18.2 Å². The van der Waals surface area contributed by atoms with Crippen molar-refractivity contribution < 1.29 is 22.3 Å². The second-order valence-corrected chi connectivity index (χ2v) is 8.21. The summed E-state index contributed by atoms with van der Waals surface area (Å²) in [6, 6.07) is 9.37. The van der Waals surface area contributed by atoms with E-state index >= 15 is 0 Å². The first-order chi connectivity index (χ1) is 12.8. The Morgan fingerprint density at radius 2 is 1.96 bits per heavy atom. The first-order valence-corrected chi connectivity index (χ1v) is 10.1.